The first-order chi connectivity index (χ1) is 4.57. The zero-order valence-corrected chi connectivity index (χ0v) is 4.86. The maximum atomic E-state index is 10.2. The van der Waals surface area contributed by atoms with Gasteiger partial charge in [-0.15, -0.1) is 0 Å². The maximum absolute atomic E-state index is 10.2. The number of hydrogen-bond acceptors (Lipinski definition) is 5. The molecular formula is C4H5NO5. The summed E-state index contributed by atoms with van der Waals surface area (Å²) in [5.74, 6) is 0.347. The fraction of sp³-hybridized carbons (Fsp3) is 0.250. The summed E-state index contributed by atoms with van der Waals surface area (Å²) in [6, 6.07) is 0. The van der Waals surface area contributed by atoms with Crippen molar-refractivity contribution in [1.82, 2.24) is 0 Å². The van der Waals surface area contributed by atoms with Gasteiger partial charge in [-0.1, -0.05) is 0 Å². The van der Waals surface area contributed by atoms with Crippen molar-refractivity contribution in [2.45, 2.75) is 6.42 Å². The highest BCUT2D eigenvalue weighted by atomic mass is 16.7. The van der Waals surface area contributed by atoms with Gasteiger partial charge < -0.3 is 9.94 Å². The molecule has 0 heterocycles. The molecule has 0 aliphatic heterocycles. The summed E-state index contributed by atoms with van der Waals surface area (Å²) in [5.41, 5.74) is 0. The minimum atomic E-state index is -1.68. The molecule has 0 fully saturated rings. The Balaban J connectivity index is 3.80. The van der Waals surface area contributed by atoms with Crippen LogP contribution in [0.4, 0.5) is 0 Å². The van der Waals surface area contributed by atoms with Crippen LogP contribution in [0, 0.1) is 0 Å². The van der Waals surface area contributed by atoms with Crippen molar-refractivity contribution in [3.8, 4) is 0 Å². The molecule has 0 unspecified atom stereocenters. The third-order valence-corrected chi connectivity index (χ3v) is 0.675. The Kier molecular flexibility index (Phi) is 3.06. The van der Waals surface area contributed by atoms with Crippen LogP contribution in [0.1, 0.15) is 6.42 Å². The summed E-state index contributed by atoms with van der Waals surface area (Å²) >= 11 is 0. The fourth-order valence-corrected chi connectivity index (χ4v) is 0.248. The van der Waals surface area contributed by atoms with E-state index < -0.39 is 24.1 Å². The van der Waals surface area contributed by atoms with Crippen molar-refractivity contribution >= 4 is 17.7 Å². The highest BCUT2D eigenvalue weighted by molar-refractivity contribution is 6.35. The van der Waals surface area contributed by atoms with Crippen LogP contribution in [0.25, 0.3) is 0 Å². The first-order valence-corrected chi connectivity index (χ1v) is 2.23. The normalized spacial score (nSPS) is 8.50. The van der Waals surface area contributed by atoms with E-state index in [1.165, 1.54) is 0 Å². The van der Waals surface area contributed by atoms with Gasteiger partial charge >= 0.3 is 11.9 Å². The van der Waals surface area contributed by atoms with E-state index in [1.54, 1.807) is 0 Å². The molecule has 3 N–H and O–H groups in total. The molecule has 0 aliphatic carbocycles. The zero-order chi connectivity index (χ0) is 8.15. The number of rotatable bonds is 3. The largest absolute Gasteiger partial charge is 0.475 e. The monoisotopic (exact) mass is 147 g/mol. The van der Waals surface area contributed by atoms with Crippen molar-refractivity contribution in [2.75, 3.05) is 0 Å². The Bertz CT molecular complexity index is 174. The molecule has 0 amide bonds. The molecule has 0 aromatic carbocycles. The van der Waals surface area contributed by atoms with Crippen LogP contribution in [0.15, 0.2) is 0 Å². The second-order valence-corrected chi connectivity index (χ2v) is 1.39. The average Bonchev–Trinajstić information content (AvgIpc) is 1.87. The molecule has 0 bridgehead atoms. The summed E-state index contributed by atoms with van der Waals surface area (Å²) in [7, 11) is 0. The highest BCUT2D eigenvalue weighted by Crippen LogP contribution is 1.84. The molecule has 6 heteroatoms. The molecule has 0 aliphatic rings. The molecule has 0 saturated heterocycles. The molecule has 6 nitrogen and oxygen atoms in total. The van der Waals surface area contributed by atoms with Crippen LogP contribution in [-0.2, 0) is 19.2 Å². The topological polar surface area (TPSA) is 107 Å². The zero-order valence-electron chi connectivity index (χ0n) is 4.86. The Morgan fingerprint density at radius 3 is 2.20 bits per heavy atom. The molecule has 0 rings (SSSR count). The molecule has 10 heavy (non-hydrogen) atoms. The van der Waals surface area contributed by atoms with Crippen molar-refractivity contribution in [1.29, 1.82) is 0 Å². The van der Waals surface area contributed by atoms with E-state index in [0.717, 1.165) is 0 Å². The van der Waals surface area contributed by atoms with Gasteiger partial charge in [-0.3, -0.25) is 4.79 Å². The van der Waals surface area contributed by atoms with Crippen LogP contribution in [-0.4, -0.2) is 22.8 Å². The van der Waals surface area contributed by atoms with Crippen molar-refractivity contribution < 1.29 is 24.3 Å². The van der Waals surface area contributed by atoms with Crippen molar-refractivity contribution in [3.63, 3.8) is 0 Å². The van der Waals surface area contributed by atoms with E-state index in [2.05, 4.69) is 10.7 Å². The van der Waals surface area contributed by atoms with Crippen molar-refractivity contribution in [2.24, 2.45) is 5.90 Å². The van der Waals surface area contributed by atoms with Gasteiger partial charge in [0.25, 0.3) is 5.78 Å². The molecule has 0 aromatic rings. The molecular weight excluding hydrogens is 142 g/mol. The number of carbonyl (C=O) groups is 3. The Morgan fingerprint density at radius 2 is 1.90 bits per heavy atom. The van der Waals surface area contributed by atoms with Gasteiger partial charge in [0.1, 0.15) is 6.42 Å². The summed E-state index contributed by atoms with van der Waals surface area (Å²) < 4.78 is 0. The minimum absolute atomic E-state index is 0.828. The summed E-state index contributed by atoms with van der Waals surface area (Å²) in [5, 5.41) is 7.93. The van der Waals surface area contributed by atoms with Gasteiger partial charge in [-0.25, -0.2) is 9.59 Å². The standard InChI is InChI=1S/C4H5NO5/c5-10-3(7)1-2(6)4(8)9/h1,5H2,(H,8,9). The second-order valence-electron chi connectivity index (χ2n) is 1.39. The van der Waals surface area contributed by atoms with Gasteiger partial charge in [-0.05, 0) is 0 Å². The third kappa shape index (κ3) is 2.78. The Morgan fingerprint density at radius 1 is 1.40 bits per heavy atom. The fourth-order valence-electron chi connectivity index (χ4n) is 0.248. The van der Waals surface area contributed by atoms with E-state index in [1.807, 2.05) is 0 Å². The second kappa shape index (κ2) is 3.57. The number of Topliss-reactive ketones (excluding diaryl/α,β-unsaturated/α-hetero) is 1. The predicted molar refractivity (Wildman–Crippen MR) is 27.5 cm³/mol. The number of carboxylic acids is 1. The maximum Gasteiger partial charge on any atom is 0.372 e. The van der Waals surface area contributed by atoms with Gasteiger partial charge in [0.2, 0.25) is 0 Å². The van der Waals surface area contributed by atoms with Crippen LogP contribution in [0.5, 0.6) is 0 Å². The summed E-state index contributed by atoms with van der Waals surface area (Å²) in [6.07, 6.45) is -0.828. The van der Waals surface area contributed by atoms with Crippen LogP contribution in [0.2, 0.25) is 0 Å². The molecule has 0 saturated carbocycles. The number of aliphatic carboxylic acids is 1. The molecule has 0 atom stereocenters. The van der Waals surface area contributed by atoms with E-state index in [0.29, 0.717) is 0 Å². The number of hydrogen-bond donors (Lipinski definition) is 2. The van der Waals surface area contributed by atoms with Crippen LogP contribution >= 0.6 is 0 Å². The van der Waals surface area contributed by atoms with Gasteiger partial charge in [0.15, 0.2) is 0 Å². The Hall–Kier alpha value is -1.43. The quantitative estimate of drug-likeness (QED) is 0.284. The lowest BCUT2D eigenvalue weighted by molar-refractivity contribution is -0.154. The minimum Gasteiger partial charge on any atom is -0.475 e. The molecule has 0 spiro atoms. The lowest BCUT2D eigenvalue weighted by Crippen LogP contribution is -2.20. The van der Waals surface area contributed by atoms with E-state index in [9.17, 15) is 14.4 Å². The Labute approximate surface area is 55.5 Å². The number of carbonyl (C=O) groups excluding carboxylic acids is 2. The number of ketones is 1. The molecule has 56 valence electrons. The molecule has 0 radical (unpaired) electrons. The SMILES string of the molecule is NOC(=O)CC(=O)C(=O)O. The highest BCUT2D eigenvalue weighted by Gasteiger charge is 2.16. The smallest absolute Gasteiger partial charge is 0.372 e. The molecule has 0 aromatic heterocycles. The number of carboxylic acid groups (broad SMARTS) is 1. The van der Waals surface area contributed by atoms with Crippen LogP contribution < -0.4 is 5.90 Å². The van der Waals surface area contributed by atoms with E-state index >= 15 is 0 Å². The van der Waals surface area contributed by atoms with Gasteiger partial charge in [0.05, 0.1) is 0 Å². The first kappa shape index (κ1) is 8.57. The number of nitrogens with two attached hydrogens (primary N) is 1. The van der Waals surface area contributed by atoms with Crippen LogP contribution in [0.3, 0.4) is 0 Å². The lowest BCUT2D eigenvalue weighted by atomic mass is 10.3. The van der Waals surface area contributed by atoms with E-state index in [4.69, 9.17) is 5.11 Å². The van der Waals surface area contributed by atoms with Gasteiger partial charge in [0, 0.05) is 0 Å². The van der Waals surface area contributed by atoms with Crippen molar-refractivity contribution in [3.05, 3.63) is 0 Å². The van der Waals surface area contributed by atoms with E-state index in [-0.39, 0.29) is 0 Å². The third-order valence-electron chi connectivity index (χ3n) is 0.675. The summed E-state index contributed by atoms with van der Waals surface area (Å²) in [4.78, 5) is 33.6. The van der Waals surface area contributed by atoms with Gasteiger partial charge in [-0.2, -0.15) is 5.90 Å². The predicted octanol–water partition coefficient (Wildman–Crippen LogP) is -1.55. The lowest BCUT2D eigenvalue weighted by Gasteiger charge is -1.91. The summed E-state index contributed by atoms with van der Waals surface area (Å²) in [6.45, 7) is 0. The average molecular weight is 147 g/mol. The first-order valence-electron chi connectivity index (χ1n) is 2.23.